The van der Waals surface area contributed by atoms with E-state index < -0.39 is 33.9 Å². The highest BCUT2D eigenvalue weighted by Gasteiger charge is 2.54. The van der Waals surface area contributed by atoms with Gasteiger partial charge in [0.2, 0.25) is 11.7 Å². The number of rotatable bonds is 10. The molecule has 0 aliphatic carbocycles. The summed E-state index contributed by atoms with van der Waals surface area (Å²) in [6.45, 7) is 1.89. The Morgan fingerprint density at radius 1 is 1.39 bits per heavy atom. The van der Waals surface area contributed by atoms with E-state index in [0.29, 0.717) is 17.6 Å². The van der Waals surface area contributed by atoms with E-state index in [2.05, 4.69) is 14.5 Å². The number of allylic oxidation sites excluding steroid dienone is 1. The number of carboxylic acids is 1. The summed E-state index contributed by atoms with van der Waals surface area (Å²) in [7, 11) is 1.25. The number of nitrogens with zero attached hydrogens (tertiary/aromatic N) is 5. The third kappa shape index (κ3) is 5.15. The van der Waals surface area contributed by atoms with Crippen molar-refractivity contribution in [1.29, 1.82) is 0 Å². The van der Waals surface area contributed by atoms with E-state index in [-0.39, 0.29) is 40.2 Å². The van der Waals surface area contributed by atoms with Crippen molar-refractivity contribution in [3.8, 4) is 0 Å². The maximum absolute atomic E-state index is 13.0. The molecule has 38 heavy (non-hydrogen) atoms. The fourth-order valence-electron chi connectivity index (χ4n) is 4.14. The Morgan fingerprint density at radius 2 is 2.16 bits per heavy atom. The summed E-state index contributed by atoms with van der Waals surface area (Å²) in [5.41, 5.74) is 6.54. The maximum Gasteiger partial charge on any atom is 0.352 e. The molecule has 198 valence electrons. The van der Waals surface area contributed by atoms with E-state index in [1.807, 2.05) is 6.92 Å². The van der Waals surface area contributed by atoms with Gasteiger partial charge in [-0.1, -0.05) is 24.2 Å². The third-order valence-electron chi connectivity index (χ3n) is 5.98. The molecule has 3 N–H and O–H groups in total. The molecular formula is C23H22N6O7S2. The number of carbonyl (C=O) groups excluding carboxylic acids is 2. The summed E-state index contributed by atoms with van der Waals surface area (Å²) < 4.78 is 3.96. The molecule has 0 spiro atoms. The second kappa shape index (κ2) is 11.1. The molecule has 1 saturated heterocycles. The predicted molar refractivity (Wildman–Crippen MR) is 140 cm³/mol. The largest absolute Gasteiger partial charge is 0.477 e. The Morgan fingerprint density at radius 3 is 2.76 bits per heavy atom. The quantitative estimate of drug-likeness (QED) is 0.188. The number of aliphatic carboxylic acids is 1. The molecule has 2 atom stereocenters. The van der Waals surface area contributed by atoms with Crippen LogP contribution in [0, 0.1) is 16.0 Å². The first-order chi connectivity index (χ1) is 18.2. The van der Waals surface area contributed by atoms with Crippen molar-refractivity contribution in [3.63, 3.8) is 0 Å². The second-order valence-corrected chi connectivity index (χ2v) is 10.1. The lowest BCUT2D eigenvalue weighted by Gasteiger charge is -2.49. The van der Waals surface area contributed by atoms with Crippen LogP contribution in [0.15, 0.2) is 40.7 Å². The van der Waals surface area contributed by atoms with Crippen molar-refractivity contribution >= 4 is 63.6 Å². The highest BCUT2D eigenvalue weighted by molar-refractivity contribution is 8.00. The zero-order chi connectivity index (χ0) is 27.6. The highest BCUT2D eigenvalue weighted by atomic mass is 32.2. The molecule has 1 fully saturated rings. The summed E-state index contributed by atoms with van der Waals surface area (Å²) in [6.07, 6.45) is 3.34. The van der Waals surface area contributed by atoms with Gasteiger partial charge in [-0.15, -0.1) is 11.8 Å². The molecule has 15 heteroatoms. The summed E-state index contributed by atoms with van der Waals surface area (Å²) in [4.78, 5) is 59.0. The minimum atomic E-state index is -1.31. The number of thioether (sulfide) groups is 1. The average Bonchev–Trinajstić information content (AvgIpc) is 3.33. The molecule has 1 aromatic heterocycles. The molecular weight excluding hydrogens is 536 g/mol. The normalized spacial score (nSPS) is 19.4. The molecule has 0 saturated carbocycles. The number of Topliss-reactive ketones (excluding diaryl/α,β-unsaturated/α-hetero) is 1. The van der Waals surface area contributed by atoms with Crippen LogP contribution in [0.1, 0.15) is 30.3 Å². The first-order valence-electron chi connectivity index (χ1n) is 11.3. The summed E-state index contributed by atoms with van der Waals surface area (Å²) >= 11 is 2.18. The van der Waals surface area contributed by atoms with E-state index >= 15 is 0 Å². The lowest BCUT2D eigenvalue weighted by molar-refractivity contribution is -0.385. The zero-order valence-corrected chi connectivity index (χ0v) is 21.8. The molecule has 2 aliphatic rings. The van der Waals surface area contributed by atoms with Crippen molar-refractivity contribution in [1.82, 2.24) is 14.3 Å². The number of aryl methyl sites for hydroxylation is 1. The van der Waals surface area contributed by atoms with E-state index in [1.165, 1.54) is 37.1 Å². The van der Waals surface area contributed by atoms with Gasteiger partial charge in [-0.2, -0.15) is 9.36 Å². The Labute approximate surface area is 224 Å². The van der Waals surface area contributed by atoms with Gasteiger partial charge in [0.05, 0.1) is 21.8 Å². The second-order valence-electron chi connectivity index (χ2n) is 8.24. The first-order valence-corrected chi connectivity index (χ1v) is 13.1. The van der Waals surface area contributed by atoms with Crippen LogP contribution in [-0.2, 0) is 25.6 Å². The number of nitro benzene ring substituents is 1. The smallest absolute Gasteiger partial charge is 0.352 e. The van der Waals surface area contributed by atoms with E-state index in [9.17, 15) is 29.6 Å². The Hall–Kier alpha value is -4.11. The van der Waals surface area contributed by atoms with Crippen LogP contribution >= 0.6 is 23.3 Å². The number of hydrogen-bond acceptors (Lipinski definition) is 12. The number of oxime groups is 1. The summed E-state index contributed by atoms with van der Waals surface area (Å²) in [5.74, 6) is -2.96. The number of ketones is 1. The van der Waals surface area contributed by atoms with Gasteiger partial charge in [0.1, 0.15) is 12.8 Å². The molecule has 13 nitrogen and oxygen atoms in total. The molecule has 0 bridgehead atoms. The fourth-order valence-corrected chi connectivity index (χ4v) is 5.96. The van der Waals surface area contributed by atoms with E-state index in [1.54, 1.807) is 12.1 Å². The number of anilines is 1. The van der Waals surface area contributed by atoms with Crippen LogP contribution in [0.3, 0.4) is 0 Å². The number of nitro groups is 1. The molecule has 2 aliphatic heterocycles. The number of fused-ring (bicyclic) bond motifs is 1. The van der Waals surface area contributed by atoms with Crippen LogP contribution in [0.25, 0.3) is 6.08 Å². The van der Waals surface area contributed by atoms with Crippen molar-refractivity contribution in [2.24, 2.45) is 11.1 Å². The number of nitrogen functional groups attached to an aromatic ring is 1. The van der Waals surface area contributed by atoms with Crippen molar-refractivity contribution < 1.29 is 29.3 Å². The topological polar surface area (TPSA) is 191 Å². The highest BCUT2D eigenvalue weighted by Crippen LogP contribution is 2.45. The first kappa shape index (κ1) is 26.9. The van der Waals surface area contributed by atoms with Gasteiger partial charge < -0.3 is 15.7 Å². The lowest BCUT2D eigenvalue weighted by atomic mass is 9.89. The lowest BCUT2D eigenvalue weighted by Crippen LogP contribution is -2.62. The van der Waals surface area contributed by atoms with Crippen LogP contribution in [0.2, 0.25) is 0 Å². The predicted octanol–water partition coefficient (Wildman–Crippen LogP) is 2.48. The molecule has 2 aromatic rings. The average molecular weight is 559 g/mol. The number of benzene rings is 1. The molecule has 1 unspecified atom stereocenters. The van der Waals surface area contributed by atoms with Gasteiger partial charge >= 0.3 is 5.97 Å². The monoisotopic (exact) mass is 558 g/mol. The van der Waals surface area contributed by atoms with Gasteiger partial charge in [0.15, 0.2) is 16.6 Å². The summed E-state index contributed by atoms with van der Waals surface area (Å²) in [5, 5.41) is 24.7. The van der Waals surface area contributed by atoms with Crippen LogP contribution in [0.5, 0.6) is 0 Å². The third-order valence-corrected chi connectivity index (χ3v) is 7.88. The number of nitrogens with two attached hydrogens (primary N) is 1. The van der Waals surface area contributed by atoms with Crippen LogP contribution < -0.4 is 5.73 Å². The zero-order valence-electron chi connectivity index (χ0n) is 20.2. The van der Waals surface area contributed by atoms with Crippen LogP contribution in [-0.4, -0.2) is 65.9 Å². The Kier molecular flexibility index (Phi) is 7.87. The van der Waals surface area contributed by atoms with Gasteiger partial charge in [-0.05, 0) is 29.7 Å². The Balaban J connectivity index is 1.57. The molecule has 4 rings (SSSR count). The van der Waals surface area contributed by atoms with Gasteiger partial charge in [0.25, 0.3) is 5.69 Å². The summed E-state index contributed by atoms with van der Waals surface area (Å²) in [6, 6.07) is 4.85. The molecule has 1 aromatic carbocycles. The number of amides is 1. The van der Waals surface area contributed by atoms with E-state index in [4.69, 9.17) is 10.6 Å². The molecule has 3 heterocycles. The van der Waals surface area contributed by atoms with Crippen molar-refractivity contribution in [2.75, 3.05) is 18.6 Å². The van der Waals surface area contributed by atoms with E-state index in [0.717, 1.165) is 22.0 Å². The van der Waals surface area contributed by atoms with Gasteiger partial charge in [-0.3, -0.25) is 24.6 Å². The van der Waals surface area contributed by atoms with Crippen molar-refractivity contribution in [3.05, 3.63) is 62.6 Å². The number of β-lactam (4-membered cyclic amide) rings is 1. The molecule has 0 radical (unpaired) electrons. The number of carboxylic acid groups (broad SMARTS) is 1. The van der Waals surface area contributed by atoms with Crippen LogP contribution in [0.4, 0.5) is 10.8 Å². The van der Waals surface area contributed by atoms with Crippen molar-refractivity contribution in [2.45, 2.75) is 25.1 Å². The maximum atomic E-state index is 13.0. The van der Waals surface area contributed by atoms with Gasteiger partial charge in [-0.25, -0.2) is 4.79 Å². The number of hydrogen-bond donors (Lipinski definition) is 2. The number of aromatic nitrogens is 2. The SMILES string of the molecule is CCc1ccc(/C=C/C2=C(C(=O)O)N3C(=O)[C@@H](CC(=O)/C(=N\OC)c4nsc(N)n4)C3SC2)c([N+](=O)[O-])c1. The molecule has 1 amide bonds. The fraction of sp³-hybridized carbons (Fsp3) is 0.304. The Bertz CT molecular complexity index is 1420. The van der Waals surface area contributed by atoms with Gasteiger partial charge in [0, 0.05) is 29.8 Å². The number of carbonyl (C=O) groups is 3. The minimum absolute atomic E-state index is 0.0149. The minimum Gasteiger partial charge on any atom is -0.477 e. The standard InChI is InChI=1S/C23H22N6O7S2/c1-3-11-4-5-12(15(8-11)29(34)35)6-7-13-10-37-21-14(20(31)28(21)18(13)22(32)33)9-16(30)17(26-36-2)19-25-23(24)38-27-19/h4-8,14,21H,3,9-10H2,1-2H3,(H,32,33)(H2,24,25,27)/b7-6+,26-17+/t14-,21?/m1/s1.